The number of amides is 4. The summed E-state index contributed by atoms with van der Waals surface area (Å²) >= 11 is 0. The maximum atomic E-state index is 13.7. The monoisotopic (exact) mass is 513 g/mol. The molecule has 2 bridgehead atoms. The molecule has 3 rings (SSSR count). The fourth-order valence-electron chi connectivity index (χ4n) is 5.85. The number of nitrogens with zero attached hydrogens (tertiary/aromatic N) is 2. The molecule has 36 heavy (non-hydrogen) atoms. The molecule has 2 aliphatic heterocycles. The van der Waals surface area contributed by atoms with Crippen LogP contribution < -0.4 is 16.0 Å². The highest BCUT2D eigenvalue weighted by atomic mass is 19.4. The van der Waals surface area contributed by atoms with Crippen molar-refractivity contribution < 1.29 is 32.3 Å². The van der Waals surface area contributed by atoms with Crippen molar-refractivity contribution in [2.24, 2.45) is 23.2 Å². The molecule has 0 aromatic carbocycles. The number of fused-ring (bicyclic) bond motifs is 2. The molecule has 7 atom stereocenters. The van der Waals surface area contributed by atoms with Gasteiger partial charge in [0.1, 0.15) is 18.1 Å². The van der Waals surface area contributed by atoms with Crippen LogP contribution in [0.2, 0.25) is 0 Å². The number of hydrogen-bond acceptors (Lipinski definition) is 5. The number of nitrogens with one attached hydrogen (secondary N) is 3. The minimum Gasteiger partial charge on any atom is -0.356 e. The second-order valence-electron chi connectivity index (χ2n) is 11.1. The van der Waals surface area contributed by atoms with Gasteiger partial charge in [-0.2, -0.15) is 18.4 Å². The van der Waals surface area contributed by atoms with E-state index in [4.69, 9.17) is 0 Å². The van der Waals surface area contributed by atoms with Crippen molar-refractivity contribution in [3.8, 4) is 6.07 Å². The molecule has 0 radical (unpaired) electrons. The first kappa shape index (κ1) is 27.7. The van der Waals surface area contributed by atoms with Crippen LogP contribution in [0.15, 0.2) is 0 Å². The molecule has 1 saturated carbocycles. The van der Waals surface area contributed by atoms with Crippen LogP contribution >= 0.6 is 0 Å². The van der Waals surface area contributed by atoms with Crippen molar-refractivity contribution in [1.29, 1.82) is 5.26 Å². The third-order valence-corrected chi connectivity index (χ3v) is 7.67. The smallest absolute Gasteiger partial charge is 0.356 e. The van der Waals surface area contributed by atoms with Crippen LogP contribution in [0.3, 0.4) is 0 Å². The van der Waals surface area contributed by atoms with Gasteiger partial charge in [-0.1, -0.05) is 34.1 Å². The fraction of sp³-hybridized carbons (Fsp3) is 0.792. The molecular formula is C24H34F3N5O4. The number of rotatable bonds is 7. The highest BCUT2D eigenvalue weighted by Gasteiger charge is 2.57. The van der Waals surface area contributed by atoms with E-state index in [0.29, 0.717) is 25.8 Å². The first-order valence-corrected chi connectivity index (χ1v) is 12.4. The summed E-state index contributed by atoms with van der Waals surface area (Å²) in [5.74, 6) is -4.17. The molecule has 3 fully saturated rings. The molecule has 0 aromatic rings. The maximum absolute atomic E-state index is 13.7. The fourth-order valence-corrected chi connectivity index (χ4v) is 5.85. The van der Waals surface area contributed by atoms with Gasteiger partial charge >= 0.3 is 12.1 Å². The summed E-state index contributed by atoms with van der Waals surface area (Å²) < 4.78 is 39.0. The second-order valence-corrected chi connectivity index (χ2v) is 11.1. The third-order valence-electron chi connectivity index (χ3n) is 7.67. The Balaban J connectivity index is 1.85. The molecule has 2 saturated heterocycles. The van der Waals surface area contributed by atoms with Gasteiger partial charge in [-0.3, -0.25) is 19.2 Å². The number of carbonyl (C=O) groups excluding carboxylic acids is 4. The predicted octanol–water partition coefficient (Wildman–Crippen LogP) is 1.63. The Kier molecular flexibility index (Phi) is 7.91. The summed E-state index contributed by atoms with van der Waals surface area (Å²) in [5, 5.41) is 16.8. The highest BCUT2D eigenvalue weighted by molar-refractivity contribution is 5.95. The average molecular weight is 514 g/mol. The van der Waals surface area contributed by atoms with E-state index in [-0.39, 0.29) is 30.2 Å². The van der Waals surface area contributed by atoms with Crippen LogP contribution in [0.5, 0.6) is 0 Å². The lowest BCUT2D eigenvalue weighted by molar-refractivity contribution is -0.176. The van der Waals surface area contributed by atoms with E-state index in [2.05, 4.69) is 10.6 Å². The van der Waals surface area contributed by atoms with E-state index in [9.17, 15) is 37.6 Å². The number of nitriles is 1. The van der Waals surface area contributed by atoms with Gasteiger partial charge in [-0.05, 0) is 42.9 Å². The van der Waals surface area contributed by atoms with Gasteiger partial charge in [0.2, 0.25) is 17.7 Å². The van der Waals surface area contributed by atoms with Crippen molar-refractivity contribution >= 4 is 23.6 Å². The number of hydrogen-bond donors (Lipinski definition) is 3. The molecular weight excluding hydrogens is 479 g/mol. The SMILES string of the molecule is CCC1C[C@@H]2C[C@H]1[C@@H](C(=O)N[C@H](C#N)C[C@@H]1CCNC1=O)N2C(=O)[C@@H](NC(=O)C(F)(F)F)C(C)(C)C. The first-order chi connectivity index (χ1) is 16.7. The zero-order valence-electron chi connectivity index (χ0n) is 20.9. The molecule has 3 aliphatic rings. The van der Waals surface area contributed by atoms with Crippen LogP contribution in [-0.2, 0) is 19.2 Å². The topological polar surface area (TPSA) is 131 Å². The molecule has 1 unspecified atom stereocenters. The Morgan fingerprint density at radius 3 is 2.36 bits per heavy atom. The molecule has 9 nitrogen and oxygen atoms in total. The molecule has 200 valence electrons. The van der Waals surface area contributed by atoms with Crippen molar-refractivity contribution in [3.05, 3.63) is 0 Å². The largest absolute Gasteiger partial charge is 0.471 e. The van der Waals surface area contributed by atoms with Crippen LogP contribution in [0, 0.1) is 34.5 Å². The van der Waals surface area contributed by atoms with Gasteiger partial charge in [-0.15, -0.1) is 0 Å². The summed E-state index contributed by atoms with van der Waals surface area (Å²) in [6.45, 7) is 7.11. The lowest BCUT2D eigenvalue weighted by Crippen LogP contribution is -2.63. The van der Waals surface area contributed by atoms with Gasteiger partial charge in [0.05, 0.1) is 6.07 Å². The van der Waals surface area contributed by atoms with Crippen LogP contribution in [0.4, 0.5) is 13.2 Å². The quantitative estimate of drug-likeness (QED) is 0.476. The van der Waals surface area contributed by atoms with E-state index in [0.717, 1.165) is 6.42 Å². The molecule has 4 amide bonds. The summed E-state index contributed by atoms with van der Waals surface area (Å²) in [7, 11) is 0. The second kappa shape index (κ2) is 10.3. The lowest BCUT2D eigenvalue weighted by atomic mass is 9.82. The standard InChI is InChI=1S/C24H34F3N5O4/c1-5-12-9-15-10-16(12)17(20(34)30-14(11-28)8-13-6-7-29-19(13)33)32(15)21(35)18(23(2,3)4)31-22(36)24(25,26)27/h12-18H,5-10H2,1-4H3,(H,29,33)(H,30,34)(H,31,36)/t12?,13-,14-,15+,16+,17-,18+/m0/s1. The number of piperidine rings is 1. The number of alkyl halides is 3. The predicted molar refractivity (Wildman–Crippen MR) is 122 cm³/mol. The van der Waals surface area contributed by atoms with Crippen molar-refractivity contribution in [2.45, 2.75) is 90.1 Å². The van der Waals surface area contributed by atoms with Crippen molar-refractivity contribution in [1.82, 2.24) is 20.9 Å². The molecule has 3 N–H and O–H groups in total. The molecule has 0 spiro atoms. The Morgan fingerprint density at radius 1 is 1.19 bits per heavy atom. The van der Waals surface area contributed by atoms with Gasteiger partial charge in [0, 0.05) is 18.5 Å². The number of carbonyl (C=O) groups is 4. The van der Waals surface area contributed by atoms with Crippen LogP contribution in [0.25, 0.3) is 0 Å². The Hall–Kier alpha value is -2.84. The summed E-state index contributed by atoms with van der Waals surface area (Å²) in [6, 6.07) is -1.77. The molecule has 2 heterocycles. The Labute approximate surface area is 208 Å². The minimum atomic E-state index is -5.16. The lowest BCUT2D eigenvalue weighted by Gasteiger charge is -2.42. The number of halogens is 3. The van der Waals surface area contributed by atoms with Crippen LogP contribution in [-0.4, -0.2) is 65.4 Å². The molecule has 12 heteroatoms. The maximum Gasteiger partial charge on any atom is 0.471 e. The van der Waals surface area contributed by atoms with Crippen LogP contribution in [0.1, 0.15) is 59.8 Å². The molecule has 1 aliphatic carbocycles. The zero-order chi connectivity index (χ0) is 27.0. The Morgan fingerprint density at radius 2 is 1.86 bits per heavy atom. The van der Waals surface area contributed by atoms with Gasteiger partial charge < -0.3 is 20.9 Å². The van der Waals surface area contributed by atoms with E-state index in [1.807, 2.05) is 18.3 Å². The van der Waals surface area contributed by atoms with Crippen molar-refractivity contribution in [3.63, 3.8) is 0 Å². The van der Waals surface area contributed by atoms with Gasteiger partial charge in [0.15, 0.2) is 0 Å². The van der Waals surface area contributed by atoms with E-state index >= 15 is 0 Å². The highest BCUT2D eigenvalue weighted by Crippen LogP contribution is 2.48. The summed E-state index contributed by atoms with van der Waals surface area (Å²) in [6.07, 6.45) is -2.57. The van der Waals surface area contributed by atoms with E-state index in [1.54, 1.807) is 20.8 Å². The van der Waals surface area contributed by atoms with E-state index < -0.39 is 53.4 Å². The van der Waals surface area contributed by atoms with Crippen molar-refractivity contribution in [2.75, 3.05) is 6.54 Å². The number of likely N-dealkylation sites (tertiary alicyclic amines) is 1. The van der Waals surface area contributed by atoms with Gasteiger partial charge in [0.25, 0.3) is 0 Å². The van der Waals surface area contributed by atoms with Gasteiger partial charge in [-0.25, -0.2) is 0 Å². The van der Waals surface area contributed by atoms with E-state index in [1.165, 1.54) is 4.90 Å². The first-order valence-electron chi connectivity index (χ1n) is 12.4. The summed E-state index contributed by atoms with van der Waals surface area (Å²) in [4.78, 5) is 52.1. The minimum absolute atomic E-state index is 0.131. The molecule has 0 aromatic heterocycles. The normalized spacial score (nSPS) is 29.3. The summed E-state index contributed by atoms with van der Waals surface area (Å²) in [5.41, 5.74) is -1.06. The Bertz CT molecular complexity index is 942. The third kappa shape index (κ3) is 5.60. The zero-order valence-corrected chi connectivity index (χ0v) is 20.9. The average Bonchev–Trinajstić information content (AvgIpc) is 3.49.